The van der Waals surface area contributed by atoms with E-state index in [4.69, 9.17) is 20.5 Å². The molecule has 0 atom stereocenters. The first kappa shape index (κ1) is 43.9. The van der Waals surface area contributed by atoms with Crippen molar-refractivity contribution in [2.24, 2.45) is 4.99 Å². The summed E-state index contributed by atoms with van der Waals surface area (Å²) in [5, 5.41) is 16.4. The Morgan fingerprint density at radius 3 is 1.32 bits per heavy atom. The number of allylic oxidation sites excluding steroid dienone is 2. The Labute approximate surface area is 314 Å². The Bertz CT molecular complexity index is 1610. The average Bonchev–Trinajstić information content (AvgIpc) is 3.03. The van der Waals surface area contributed by atoms with Gasteiger partial charge in [-0.2, -0.15) is 5.70 Å². The molecule has 0 spiro atoms. The summed E-state index contributed by atoms with van der Waals surface area (Å²) in [6.45, 7) is 26.2. The van der Waals surface area contributed by atoms with E-state index in [1.807, 2.05) is 24.3 Å². The van der Waals surface area contributed by atoms with Gasteiger partial charge < -0.3 is 16.0 Å². The van der Waals surface area contributed by atoms with E-state index >= 15 is 0 Å². The van der Waals surface area contributed by atoms with E-state index in [2.05, 4.69) is 155 Å². The van der Waals surface area contributed by atoms with Crippen molar-refractivity contribution in [1.82, 2.24) is 0 Å². The third-order valence-electron chi connectivity index (χ3n) is 8.01. The van der Waals surface area contributed by atoms with Gasteiger partial charge in [0.15, 0.2) is 0 Å². The zero-order chi connectivity index (χ0) is 36.7. The number of aryl methyl sites for hydroxylation is 2. The molecule has 0 heterocycles. The molecule has 5 nitrogen and oxygen atoms in total. The third kappa shape index (κ3) is 14.0. The first-order chi connectivity index (χ1) is 23.2. The minimum atomic E-state index is 0. The molecule has 1 radical (unpaired) electrons. The van der Waals surface area contributed by atoms with Crippen molar-refractivity contribution in [1.29, 1.82) is 0 Å². The first-order valence-corrected chi connectivity index (χ1v) is 17.3. The maximum atomic E-state index is 8.24. The van der Waals surface area contributed by atoms with Crippen LogP contribution in [0.4, 0.5) is 22.7 Å². The summed E-state index contributed by atoms with van der Waals surface area (Å²) in [5.41, 5.74) is 14.0. The number of isocyanates is 1. The van der Waals surface area contributed by atoms with Gasteiger partial charge in [-0.1, -0.05) is 176 Å². The molecule has 4 aromatic rings. The molecule has 6 heteroatoms. The number of rotatable bonds is 10. The van der Waals surface area contributed by atoms with Crippen molar-refractivity contribution in [3.8, 4) is 0 Å². The molecular formula is C44H55N4OV-3. The number of nitrogens with zero attached hydrogens (tertiary/aromatic N) is 4. The Morgan fingerprint density at radius 2 is 0.980 bits per heavy atom. The molecule has 265 valence electrons. The van der Waals surface area contributed by atoms with Gasteiger partial charge >= 0.3 is 0 Å². The van der Waals surface area contributed by atoms with Crippen molar-refractivity contribution in [3.63, 3.8) is 0 Å². The molecule has 0 N–H and O–H groups in total. The zero-order valence-corrected chi connectivity index (χ0v) is 33.5. The number of benzene rings is 4. The largest absolute Gasteiger partial charge is 0.724 e. The van der Waals surface area contributed by atoms with Gasteiger partial charge in [0, 0.05) is 24.3 Å². The summed E-state index contributed by atoms with van der Waals surface area (Å²) in [6.07, 6.45) is 2.61. The predicted octanol–water partition coefficient (Wildman–Crippen LogP) is 14.4. The van der Waals surface area contributed by atoms with Crippen LogP contribution < -0.4 is 0 Å². The van der Waals surface area contributed by atoms with Crippen molar-refractivity contribution in [2.75, 3.05) is 0 Å². The Kier molecular flexibility index (Phi) is 19.2. The quantitative estimate of drug-likeness (QED) is 0.119. The van der Waals surface area contributed by atoms with Crippen molar-refractivity contribution < 1.29 is 23.4 Å². The predicted molar refractivity (Wildman–Crippen MR) is 213 cm³/mol. The van der Waals surface area contributed by atoms with Gasteiger partial charge in [-0.25, -0.2) is 0 Å². The molecule has 50 heavy (non-hydrogen) atoms. The summed E-state index contributed by atoms with van der Waals surface area (Å²) in [6, 6.07) is 29.6. The van der Waals surface area contributed by atoms with Crippen molar-refractivity contribution in [3.05, 3.63) is 146 Å². The second kappa shape index (κ2) is 21.8. The summed E-state index contributed by atoms with van der Waals surface area (Å²) >= 11 is 0. The van der Waals surface area contributed by atoms with Crippen LogP contribution in [0.5, 0.6) is 0 Å². The van der Waals surface area contributed by atoms with Crippen LogP contribution >= 0.6 is 0 Å². The standard InChI is InChI=1S/C29H41N2.C14H14N.CNO.V/c1-18(2)24-13-11-14-25(19(3)4)28(24)30-22(9)17-23(10)31-29-26(20(5)6)15-12-16-27(29)21(7)8;1-11-3-7-13(8-4-11)15-14-9-5-12(2)6-10-14;2-1-3;/h11-21H,1-10H3;3-10H,1-2H3;;/q3*-1;/b22-17-,31-23?;;;. The number of hydrogen-bond donors (Lipinski definition) is 0. The van der Waals surface area contributed by atoms with E-state index in [0.29, 0.717) is 29.8 Å². The summed E-state index contributed by atoms with van der Waals surface area (Å²) in [4.78, 5) is 13.3. The molecular weight excluding hydrogens is 651 g/mol. The topological polar surface area (TPSA) is 79.9 Å². The van der Waals surface area contributed by atoms with Crippen molar-refractivity contribution >= 4 is 34.5 Å². The fraction of sp³-hybridized carbons (Fsp3) is 0.364. The molecule has 0 bridgehead atoms. The average molecular weight is 707 g/mol. The Hall–Kier alpha value is -4.15. The summed E-state index contributed by atoms with van der Waals surface area (Å²) < 4.78 is 0. The summed E-state index contributed by atoms with van der Waals surface area (Å²) in [5.74, 6) is 1.75. The molecule has 0 saturated carbocycles. The number of para-hydroxylation sites is 2. The number of aliphatic imine (C=N–C) groups is 1. The molecule has 0 unspecified atom stereocenters. The van der Waals surface area contributed by atoms with Crippen LogP contribution in [0, 0.1) is 13.8 Å². The van der Waals surface area contributed by atoms with E-state index in [-0.39, 0.29) is 18.6 Å². The van der Waals surface area contributed by atoms with Gasteiger partial charge in [0.2, 0.25) is 0 Å². The van der Waals surface area contributed by atoms with Crippen LogP contribution in [0.2, 0.25) is 0 Å². The van der Waals surface area contributed by atoms with Crippen LogP contribution in [0.15, 0.2) is 102 Å². The van der Waals surface area contributed by atoms with Gasteiger partial charge in [0.1, 0.15) is 0 Å². The number of hydrogen-bond acceptors (Lipinski definition) is 2. The van der Waals surface area contributed by atoms with E-state index in [1.54, 1.807) is 0 Å². The Morgan fingerprint density at radius 1 is 0.640 bits per heavy atom. The fourth-order valence-electron chi connectivity index (χ4n) is 5.39. The van der Waals surface area contributed by atoms with Gasteiger partial charge in [0.25, 0.3) is 0 Å². The van der Waals surface area contributed by atoms with E-state index in [1.165, 1.54) is 33.4 Å². The SMILES string of the molecule is CC(/C=C(/C)[N-]c1c(C(C)C)cccc1C(C)C)=Nc1c(C(C)C)cccc1C(C)C.Cc1ccc([N-]c2ccc(C)cc2)cc1.[N-]=C=O.[V]. The molecule has 0 fully saturated rings. The maximum absolute atomic E-state index is 8.24. The van der Waals surface area contributed by atoms with Crippen LogP contribution in [0.25, 0.3) is 16.0 Å². The van der Waals surface area contributed by atoms with Crippen LogP contribution in [-0.2, 0) is 23.4 Å². The molecule has 0 aromatic heterocycles. The molecule has 4 rings (SSSR count). The summed E-state index contributed by atoms with van der Waals surface area (Å²) in [7, 11) is 0. The van der Waals surface area contributed by atoms with E-state index in [9.17, 15) is 0 Å². The zero-order valence-electron chi connectivity index (χ0n) is 32.1. The number of carbonyl (C=O) groups excluding carboxylic acids is 1. The Balaban J connectivity index is 0.000000546. The van der Waals surface area contributed by atoms with Crippen LogP contribution in [0.1, 0.15) is 126 Å². The molecule has 0 saturated heterocycles. The molecule has 0 aliphatic carbocycles. The minimum Gasteiger partial charge on any atom is -0.724 e. The monoisotopic (exact) mass is 706 g/mol. The van der Waals surface area contributed by atoms with E-state index < -0.39 is 0 Å². The molecule has 0 aliphatic heterocycles. The second-order valence-electron chi connectivity index (χ2n) is 13.7. The van der Waals surface area contributed by atoms with Crippen LogP contribution in [-0.4, -0.2) is 11.8 Å². The van der Waals surface area contributed by atoms with Gasteiger partial charge in [-0.15, -0.1) is 17.1 Å². The first-order valence-electron chi connectivity index (χ1n) is 17.3. The second-order valence-corrected chi connectivity index (χ2v) is 13.7. The maximum Gasteiger partial charge on any atom is 0.0701 e. The molecule has 4 aromatic carbocycles. The molecule has 0 amide bonds. The van der Waals surface area contributed by atoms with E-state index in [0.717, 1.165) is 34.2 Å². The van der Waals surface area contributed by atoms with Gasteiger partial charge in [-0.05, 0) is 61.6 Å². The van der Waals surface area contributed by atoms with Crippen molar-refractivity contribution in [2.45, 2.75) is 107 Å². The van der Waals surface area contributed by atoms with Gasteiger partial charge in [-0.3, -0.25) is 9.79 Å². The fourth-order valence-corrected chi connectivity index (χ4v) is 5.39. The third-order valence-corrected chi connectivity index (χ3v) is 8.01. The smallest absolute Gasteiger partial charge is 0.0701 e. The minimum absolute atomic E-state index is 0. The molecule has 0 aliphatic rings. The van der Waals surface area contributed by atoms with Gasteiger partial charge in [0.05, 0.1) is 5.69 Å². The van der Waals surface area contributed by atoms with Crippen LogP contribution in [0.3, 0.4) is 0 Å². The normalized spacial score (nSPS) is 11.3.